The first-order chi connectivity index (χ1) is 12.2. The van der Waals surface area contributed by atoms with Gasteiger partial charge in [-0.05, 0) is 25.2 Å². The minimum Gasteiger partial charge on any atom is -0.480 e. The molecule has 1 aliphatic rings. The molecule has 1 fully saturated rings. The summed E-state index contributed by atoms with van der Waals surface area (Å²) in [7, 11) is 0. The molecule has 3 atom stereocenters. The molecule has 5 N–H and O–H groups in total. The van der Waals surface area contributed by atoms with Crippen LogP contribution in [-0.4, -0.2) is 70.7 Å². The fraction of sp³-hybridized carbons (Fsp3) is 0.750. The van der Waals surface area contributed by atoms with Gasteiger partial charge in [-0.3, -0.25) is 14.4 Å². The zero-order valence-electron chi connectivity index (χ0n) is 15.1. The summed E-state index contributed by atoms with van der Waals surface area (Å²) in [6, 6.07) is -2.70. The minimum atomic E-state index is -1.13. The Morgan fingerprint density at radius 2 is 1.88 bits per heavy atom. The van der Waals surface area contributed by atoms with Crippen molar-refractivity contribution in [2.75, 3.05) is 18.8 Å². The van der Waals surface area contributed by atoms with Gasteiger partial charge in [0.15, 0.2) is 0 Å². The molecule has 1 heterocycles. The zero-order valence-corrected chi connectivity index (χ0v) is 16.0. The molecule has 0 aromatic carbocycles. The van der Waals surface area contributed by atoms with E-state index in [0.717, 1.165) is 0 Å². The zero-order chi connectivity index (χ0) is 19.9. The molecule has 0 bridgehead atoms. The average Bonchev–Trinajstić information content (AvgIpc) is 3.07. The molecule has 1 saturated heterocycles. The Kier molecular flexibility index (Phi) is 8.86. The third-order valence-corrected chi connectivity index (χ3v) is 4.55. The summed E-state index contributed by atoms with van der Waals surface area (Å²) >= 11 is 4.07. The largest absolute Gasteiger partial charge is 0.480 e. The van der Waals surface area contributed by atoms with Crippen LogP contribution < -0.4 is 16.4 Å². The van der Waals surface area contributed by atoms with E-state index in [2.05, 4.69) is 23.3 Å². The molecule has 9 nitrogen and oxygen atoms in total. The lowest BCUT2D eigenvalue weighted by Crippen LogP contribution is -2.56. The van der Waals surface area contributed by atoms with Crippen molar-refractivity contribution in [1.82, 2.24) is 15.5 Å². The van der Waals surface area contributed by atoms with Gasteiger partial charge in [0.2, 0.25) is 17.7 Å². The number of thiol groups is 1. The molecule has 0 aromatic heterocycles. The maximum atomic E-state index is 12.5. The van der Waals surface area contributed by atoms with Crippen LogP contribution in [0.3, 0.4) is 0 Å². The summed E-state index contributed by atoms with van der Waals surface area (Å²) in [6.07, 6.45) is 1.44. The molecular formula is C16H28N4O5S. The number of amides is 3. The Balaban J connectivity index is 2.72. The highest BCUT2D eigenvalue weighted by Crippen LogP contribution is 2.17. The smallest absolute Gasteiger partial charge is 0.326 e. The van der Waals surface area contributed by atoms with Crippen LogP contribution in [0.15, 0.2) is 0 Å². The fourth-order valence-corrected chi connectivity index (χ4v) is 3.14. The number of carboxylic acids is 1. The second-order valence-electron chi connectivity index (χ2n) is 6.72. The van der Waals surface area contributed by atoms with E-state index >= 15 is 0 Å². The van der Waals surface area contributed by atoms with Crippen molar-refractivity contribution in [3.63, 3.8) is 0 Å². The Bertz CT molecular complexity index is 543. The van der Waals surface area contributed by atoms with Crippen molar-refractivity contribution in [2.45, 2.75) is 51.2 Å². The van der Waals surface area contributed by atoms with Crippen molar-refractivity contribution in [3.05, 3.63) is 0 Å². The highest BCUT2D eigenvalue weighted by atomic mass is 32.1. The van der Waals surface area contributed by atoms with E-state index in [0.29, 0.717) is 19.4 Å². The minimum absolute atomic E-state index is 0.00312. The number of likely N-dealkylation sites (tertiary alicyclic amines) is 1. The number of carbonyl (C=O) groups excluding carboxylic acids is 3. The molecule has 26 heavy (non-hydrogen) atoms. The predicted molar refractivity (Wildman–Crippen MR) is 98.6 cm³/mol. The molecule has 0 saturated carbocycles. The van der Waals surface area contributed by atoms with Crippen LogP contribution in [-0.2, 0) is 19.2 Å². The first-order valence-corrected chi connectivity index (χ1v) is 9.28. The SMILES string of the molecule is CC(C)CC(NC(=O)C(CS)NC(=O)C1CCCN1C(=O)CN)C(=O)O. The van der Waals surface area contributed by atoms with Crippen LogP contribution in [0.2, 0.25) is 0 Å². The number of nitrogens with one attached hydrogen (secondary N) is 2. The van der Waals surface area contributed by atoms with Gasteiger partial charge in [0.05, 0.1) is 6.54 Å². The van der Waals surface area contributed by atoms with Gasteiger partial charge in [0.25, 0.3) is 0 Å². The summed E-state index contributed by atoms with van der Waals surface area (Å²) < 4.78 is 0. The van der Waals surface area contributed by atoms with Gasteiger partial charge in [-0.25, -0.2) is 4.79 Å². The van der Waals surface area contributed by atoms with Gasteiger partial charge in [0.1, 0.15) is 18.1 Å². The lowest BCUT2D eigenvalue weighted by molar-refractivity contribution is -0.143. The first kappa shape index (κ1) is 22.2. The van der Waals surface area contributed by atoms with Crippen molar-refractivity contribution in [3.8, 4) is 0 Å². The number of carboxylic acid groups (broad SMARTS) is 1. The number of rotatable bonds is 9. The number of carbonyl (C=O) groups is 4. The Labute approximate surface area is 158 Å². The highest BCUT2D eigenvalue weighted by Gasteiger charge is 2.35. The van der Waals surface area contributed by atoms with Gasteiger partial charge < -0.3 is 26.4 Å². The van der Waals surface area contributed by atoms with Crippen LogP contribution in [0, 0.1) is 5.92 Å². The standard InChI is InChI=1S/C16H28N4O5S/c1-9(2)6-10(16(24)25)18-14(22)11(8-26)19-15(23)12-4-3-5-20(12)13(21)7-17/h9-12,26H,3-8,17H2,1-2H3,(H,18,22)(H,19,23)(H,24,25). The molecule has 0 radical (unpaired) electrons. The van der Waals surface area contributed by atoms with Crippen molar-refractivity contribution >= 4 is 36.3 Å². The van der Waals surface area contributed by atoms with E-state index in [1.54, 1.807) is 0 Å². The molecule has 148 valence electrons. The van der Waals surface area contributed by atoms with Crippen molar-refractivity contribution in [1.29, 1.82) is 0 Å². The number of hydrogen-bond acceptors (Lipinski definition) is 6. The summed E-state index contributed by atoms with van der Waals surface area (Å²) in [5.74, 6) is -2.45. The van der Waals surface area contributed by atoms with E-state index < -0.39 is 35.9 Å². The molecule has 1 aliphatic heterocycles. The van der Waals surface area contributed by atoms with E-state index in [1.807, 2.05) is 13.8 Å². The van der Waals surface area contributed by atoms with Gasteiger partial charge in [-0.2, -0.15) is 12.6 Å². The molecule has 0 aliphatic carbocycles. The predicted octanol–water partition coefficient (Wildman–Crippen LogP) is -1.03. The lowest BCUT2D eigenvalue weighted by atomic mass is 10.0. The van der Waals surface area contributed by atoms with Crippen LogP contribution >= 0.6 is 12.6 Å². The molecule has 10 heteroatoms. The Hall–Kier alpha value is -1.81. The molecule has 1 rings (SSSR count). The Morgan fingerprint density at radius 3 is 2.38 bits per heavy atom. The van der Waals surface area contributed by atoms with Gasteiger partial charge in [0, 0.05) is 12.3 Å². The van der Waals surface area contributed by atoms with E-state index in [1.165, 1.54) is 4.90 Å². The monoisotopic (exact) mass is 388 g/mol. The Morgan fingerprint density at radius 1 is 1.23 bits per heavy atom. The number of hydrogen-bond donors (Lipinski definition) is 5. The number of nitrogens with two attached hydrogens (primary N) is 1. The molecular weight excluding hydrogens is 360 g/mol. The molecule has 0 aromatic rings. The lowest BCUT2D eigenvalue weighted by Gasteiger charge is -2.26. The van der Waals surface area contributed by atoms with E-state index in [-0.39, 0.29) is 30.5 Å². The van der Waals surface area contributed by atoms with Crippen molar-refractivity contribution in [2.24, 2.45) is 11.7 Å². The average molecular weight is 388 g/mol. The van der Waals surface area contributed by atoms with Crippen LogP contribution in [0.5, 0.6) is 0 Å². The second-order valence-corrected chi connectivity index (χ2v) is 7.09. The van der Waals surface area contributed by atoms with E-state index in [4.69, 9.17) is 5.73 Å². The van der Waals surface area contributed by atoms with Gasteiger partial charge >= 0.3 is 5.97 Å². The molecule has 3 unspecified atom stereocenters. The topological polar surface area (TPSA) is 142 Å². The fourth-order valence-electron chi connectivity index (χ4n) is 2.88. The third-order valence-electron chi connectivity index (χ3n) is 4.19. The summed E-state index contributed by atoms with van der Waals surface area (Å²) in [5, 5.41) is 14.2. The molecule has 3 amide bonds. The maximum Gasteiger partial charge on any atom is 0.326 e. The number of aliphatic carboxylic acids is 1. The van der Waals surface area contributed by atoms with Gasteiger partial charge in [-0.15, -0.1) is 0 Å². The van der Waals surface area contributed by atoms with Crippen LogP contribution in [0.1, 0.15) is 33.1 Å². The second kappa shape index (κ2) is 10.4. The van der Waals surface area contributed by atoms with Crippen LogP contribution in [0.25, 0.3) is 0 Å². The summed E-state index contributed by atoms with van der Waals surface area (Å²) in [5.41, 5.74) is 5.36. The van der Waals surface area contributed by atoms with Crippen LogP contribution in [0.4, 0.5) is 0 Å². The number of nitrogens with zero attached hydrogens (tertiary/aromatic N) is 1. The third kappa shape index (κ3) is 6.17. The summed E-state index contributed by atoms with van der Waals surface area (Å²) in [6.45, 7) is 3.96. The molecule has 0 spiro atoms. The van der Waals surface area contributed by atoms with Gasteiger partial charge in [-0.1, -0.05) is 13.8 Å². The van der Waals surface area contributed by atoms with Crippen molar-refractivity contribution < 1.29 is 24.3 Å². The summed E-state index contributed by atoms with van der Waals surface area (Å²) in [4.78, 5) is 49.3. The normalized spacial score (nSPS) is 19.1. The maximum absolute atomic E-state index is 12.5. The van der Waals surface area contributed by atoms with E-state index in [9.17, 15) is 24.3 Å². The first-order valence-electron chi connectivity index (χ1n) is 8.65. The quantitative estimate of drug-likeness (QED) is 0.320. The highest BCUT2D eigenvalue weighted by molar-refractivity contribution is 7.80.